The molecule has 0 aliphatic carbocycles. The van der Waals surface area contributed by atoms with Crippen molar-refractivity contribution in [1.29, 1.82) is 0 Å². The monoisotopic (exact) mass is 512 g/mol. The minimum Gasteiger partial charge on any atom is -0.542 e. The molecule has 0 radical (unpaired) electrons. The van der Waals surface area contributed by atoms with E-state index in [0.29, 0.717) is 29.0 Å². The van der Waals surface area contributed by atoms with Gasteiger partial charge in [0.05, 0.1) is 13.2 Å². The molecule has 2 aliphatic heterocycles. The molecule has 0 saturated heterocycles. The topological polar surface area (TPSA) is 47.9 Å². The van der Waals surface area contributed by atoms with E-state index in [4.69, 9.17) is 13.9 Å². The molecule has 0 fully saturated rings. The number of rotatable bonds is 5. The van der Waals surface area contributed by atoms with Gasteiger partial charge in [-0.1, -0.05) is 81.4 Å². The van der Waals surface area contributed by atoms with Crippen molar-refractivity contribution in [2.75, 3.05) is 13.2 Å². The van der Waals surface area contributed by atoms with Gasteiger partial charge in [0, 0.05) is 22.0 Å². The molecule has 0 spiro atoms. The Morgan fingerprint density at radius 2 is 1.14 bits per heavy atom. The SMILES string of the molecule is Cc1ccc(O)c2c1OCC2(C)C.Cc1ccc(O[Si](C(C)C)(C(C)C)C(C)C)c2c1OCC2(C)C. The van der Waals surface area contributed by atoms with Crippen molar-refractivity contribution >= 4 is 8.32 Å². The second-order valence-electron chi connectivity index (χ2n) is 13.0. The third-order valence-corrected chi connectivity index (χ3v) is 14.1. The summed E-state index contributed by atoms with van der Waals surface area (Å²) in [6, 6.07) is 7.95. The average molecular weight is 513 g/mol. The van der Waals surface area contributed by atoms with Crippen LogP contribution in [0.4, 0.5) is 0 Å². The summed E-state index contributed by atoms with van der Waals surface area (Å²) in [6.45, 7) is 28.2. The number of benzene rings is 2. The number of aromatic hydroxyl groups is 1. The second-order valence-corrected chi connectivity index (χ2v) is 18.3. The summed E-state index contributed by atoms with van der Waals surface area (Å²) in [6.07, 6.45) is 0. The van der Waals surface area contributed by atoms with Gasteiger partial charge in [0.25, 0.3) is 8.32 Å². The maximum Gasteiger partial charge on any atom is 0.258 e. The van der Waals surface area contributed by atoms with E-state index in [2.05, 4.69) is 88.3 Å². The van der Waals surface area contributed by atoms with Gasteiger partial charge in [-0.05, 0) is 53.7 Å². The first-order valence-electron chi connectivity index (χ1n) is 13.5. The van der Waals surface area contributed by atoms with E-state index in [-0.39, 0.29) is 10.8 Å². The molecule has 0 amide bonds. The molecule has 0 atom stereocenters. The van der Waals surface area contributed by atoms with Crippen molar-refractivity contribution in [3.8, 4) is 23.0 Å². The molecule has 1 N–H and O–H groups in total. The van der Waals surface area contributed by atoms with Crippen molar-refractivity contribution in [3.05, 3.63) is 46.5 Å². The molecule has 2 aromatic carbocycles. The maximum absolute atomic E-state index is 9.71. The molecule has 4 rings (SSSR count). The third-order valence-electron chi connectivity index (χ3n) is 8.15. The van der Waals surface area contributed by atoms with E-state index in [1.807, 2.05) is 13.0 Å². The first kappa shape index (κ1) is 28.4. The fourth-order valence-corrected chi connectivity index (χ4v) is 11.5. The zero-order valence-electron chi connectivity index (χ0n) is 24.6. The highest BCUT2D eigenvalue weighted by molar-refractivity contribution is 6.78. The summed E-state index contributed by atoms with van der Waals surface area (Å²) in [5, 5.41) is 9.71. The normalized spacial score (nSPS) is 17.3. The number of ether oxygens (including phenoxy) is 2. The molecule has 2 heterocycles. The van der Waals surface area contributed by atoms with Gasteiger partial charge in [-0.25, -0.2) is 0 Å². The zero-order chi connectivity index (χ0) is 27.2. The van der Waals surface area contributed by atoms with Crippen LogP contribution in [0.3, 0.4) is 0 Å². The van der Waals surface area contributed by atoms with E-state index < -0.39 is 8.32 Å². The van der Waals surface area contributed by atoms with Crippen LogP contribution in [0.25, 0.3) is 0 Å². The lowest BCUT2D eigenvalue weighted by molar-refractivity contribution is 0.289. The van der Waals surface area contributed by atoms with Crippen LogP contribution in [0, 0.1) is 13.8 Å². The fourth-order valence-electron chi connectivity index (χ4n) is 6.29. The van der Waals surface area contributed by atoms with Crippen molar-refractivity contribution < 1.29 is 19.0 Å². The summed E-state index contributed by atoms with van der Waals surface area (Å²) in [5.41, 5.74) is 6.21. The standard InChI is InChI=1S/C20H34O2Si.C11H14O2/c1-13(2)23(14(3)4,15(5)6)22-17-11-10-16(7)19-18(17)20(8,9)12-21-19;1-7-4-5-8(12)9-10(7)13-6-11(9,2)3/h10-11,13-15H,12H2,1-9H3;4-5,12H,6H2,1-3H3. The lowest BCUT2D eigenvalue weighted by atomic mass is 9.85. The number of phenolic OH excluding ortho intramolecular Hbond substituents is 1. The van der Waals surface area contributed by atoms with Crippen molar-refractivity contribution in [2.45, 2.75) is 111 Å². The Morgan fingerprint density at radius 3 is 1.58 bits per heavy atom. The van der Waals surface area contributed by atoms with Gasteiger partial charge < -0.3 is 19.0 Å². The molecule has 2 aromatic rings. The van der Waals surface area contributed by atoms with E-state index >= 15 is 0 Å². The van der Waals surface area contributed by atoms with Gasteiger partial charge in [-0.3, -0.25) is 0 Å². The minimum absolute atomic E-state index is 0.0156. The van der Waals surface area contributed by atoms with E-state index in [1.54, 1.807) is 6.07 Å². The summed E-state index contributed by atoms with van der Waals surface area (Å²) >= 11 is 0. The van der Waals surface area contributed by atoms with Gasteiger partial charge in [-0.2, -0.15) is 0 Å². The molecule has 36 heavy (non-hydrogen) atoms. The molecule has 0 bridgehead atoms. The molecular weight excluding hydrogens is 464 g/mol. The van der Waals surface area contributed by atoms with Crippen LogP contribution in [-0.4, -0.2) is 26.6 Å². The average Bonchev–Trinajstić information content (AvgIpc) is 3.27. The van der Waals surface area contributed by atoms with Gasteiger partial charge in [0.15, 0.2) is 0 Å². The molecule has 0 aromatic heterocycles. The molecule has 2 aliphatic rings. The van der Waals surface area contributed by atoms with Crippen molar-refractivity contribution in [1.82, 2.24) is 0 Å². The second kappa shape index (κ2) is 9.96. The van der Waals surface area contributed by atoms with Gasteiger partial charge >= 0.3 is 0 Å². The minimum atomic E-state index is -1.95. The van der Waals surface area contributed by atoms with Crippen LogP contribution >= 0.6 is 0 Å². The summed E-state index contributed by atoms with van der Waals surface area (Å²) in [4.78, 5) is 0. The van der Waals surface area contributed by atoms with Gasteiger partial charge in [0.2, 0.25) is 0 Å². The van der Waals surface area contributed by atoms with Gasteiger partial charge in [0.1, 0.15) is 23.0 Å². The zero-order valence-corrected chi connectivity index (χ0v) is 25.6. The Morgan fingerprint density at radius 1 is 0.722 bits per heavy atom. The molecular formula is C31H48O4Si. The highest BCUT2D eigenvalue weighted by Gasteiger charge is 2.48. The Labute approximate surface area is 220 Å². The largest absolute Gasteiger partial charge is 0.542 e. The Hall–Kier alpha value is -2.14. The van der Waals surface area contributed by atoms with Crippen LogP contribution in [0.5, 0.6) is 23.0 Å². The smallest absolute Gasteiger partial charge is 0.258 e. The van der Waals surface area contributed by atoms with Crippen molar-refractivity contribution in [3.63, 3.8) is 0 Å². The van der Waals surface area contributed by atoms with Gasteiger partial charge in [-0.15, -0.1) is 0 Å². The molecule has 4 nitrogen and oxygen atoms in total. The summed E-state index contributed by atoms with van der Waals surface area (Å²) < 4.78 is 18.6. The number of aryl methyl sites for hydroxylation is 2. The van der Waals surface area contributed by atoms with Crippen LogP contribution in [0.2, 0.25) is 16.6 Å². The Kier molecular flexibility index (Phi) is 7.87. The van der Waals surface area contributed by atoms with Crippen LogP contribution in [0.15, 0.2) is 24.3 Å². The van der Waals surface area contributed by atoms with E-state index in [1.165, 1.54) is 11.1 Å². The first-order chi connectivity index (χ1) is 16.6. The summed E-state index contributed by atoms with van der Waals surface area (Å²) in [5.74, 6) is 3.33. The third kappa shape index (κ3) is 4.88. The Balaban J connectivity index is 0.000000233. The number of fused-ring (bicyclic) bond motifs is 2. The summed E-state index contributed by atoms with van der Waals surface area (Å²) in [7, 11) is -1.95. The molecule has 0 unspecified atom stereocenters. The lowest BCUT2D eigenvalue weighted by Crippen LogP contribution is -2.51. The van der Waals surface area contributed by atoms with Crippen LogP contribution in [-0.2, 0) is 10.8 Å². The van der Waals surface area contributed by atoms with Crippen LogP contribution in [0.1, 0.15) is 91.5 Å². The molecule has 200 valence electrons. The maximum atomic E-state index is 9.71. The first-order valence-corrected chi connectivity index (χ1v) is 15.6. The van der Waals surface area contributed by atoms with E-state index in [0.717, 1.165) is 35.0 Å². The molecule has 5 heteroatoms. The van der Waals surface area contributed by atoms with E-state index in [9.17, 15) is 5.11 Å². The predicted molar refractivity (Wildman–Crippen MR) is 153 cm³/mol. The fraction of sp³-hybridized carbons (Fsp3) is 0.613. The lowest BCUT2D eigenvalue weighted by Gasteiger charge is -2.43. The van der Waals surface area contributed by atoms with Crippen LogP contribution < -0.4 is 13.9 Å². The molecule has 0 saturated carbocycles. The number of hydrogen-bond donors (Lipinski definition) is 1. The predicted octanol–water partition coefficient (Wildman–Crippen LogP) is 8.59. The highest BCUT2D eigenvalue weighted by atomic mass is 28.4. The number of hydrogen-bond acceptors (Lipinski definition) is 4. The number of phenols is 1. The highest BCUT2D eigenvalue weighted by Crippen LogP contribution is 2.50. The Bertz CT molecular complexity index is 1080. The van der Waals surface area contributed by atoms with Crippen molar-refractivity contribution in [2.24, 2.45) is 0 Å². The quantitative estimate of drug-likeness (QED) is 0.408.